The first-order chi connectivity index (χ1) is 9.00. The first-order valence-corrected chi connectivity index (χ1v) is 8.04. The molecule has 108 valence electrons. The summed E-state index contributed by atoms with van der Waals surface area (Å²) in [4.78, 5) is 24.8. The topological polar surface area (TPSA) is 69.6 Å². The number of urea groups is 1. The number of carboxylic acids is 1. The van der Waals surface area contributed by atoms with Crippen LogP contribution in [0.3, 0.4) is 0 Å². The molecule has 2 N–H and O–H groups in total. The van der Waals surface area contributed by atoms with Crippen LogP contribution in [0.25, 0.3) is 0 Å². The van der Waals surface area contributed by atoms with Crippen molar-refractivity contribution >= 4 is 23.8 Å². The fourth-order valence-corrected chi connectivity index (χ4v) is 4.02. The Balaban J connectivity index is 1.95. The van der Waals surface area contributed by atoms with Crippen molar-refractivity contribution in [3.05, 3.63) is 0 Å². The van der Waals surface area contributed by atoms with Crippen molar-refractivity contribution in [2.45, 2.75) is 45.2 Å². The van der Waals surface area contributed by atoms with Gasteiger partial charge in [-0.15, -0.1) is 11.8 Å². The molecular formula is C13H22N2O3S. The number of rotatable bonds is 2. The van der Waals surface area contributed by atoms with Crippen molar-refractivity contribution < 1.29 is 14.7 Å². The highest BCUT2D eigenvalue weighted by molar-refractivity contribution is 7.99. The van der Waals surface area contributed by atoms with Gasteiger partial charge in [0.25, 0.3) is 0 Å². The molecule has 2 aliphatic rings. The van der Waals surface area contributed by atoms with E-state index in [1.165, 1.54) is 23.1 Å². The fourth-order valence-electron chi connectivity index (χ4n) is 2.87. The van der Waals surface area contributed by atoms with Crippen LogP contribution in [0.4, 0.5) is 4.79 Å². The number of amides is 2. The highest BCUT2D eigenvalue weighted by Gasteiger charge is 2.36. The van der Waals surface area contributed by atoms with Crippen molar-refractivity contribution in [3.63, 3.8) is 0 Å². The van der Waals surface area contributed by atoms with Gasteiger partial charge in [0, 0.05) is 11.8 Å². The summed E-state index contributed by atoms with van der Waals surface area (Å²) in [6.45, 7) is 4.39. The molecule has 0 aromatic heterocycles. The molecule has 0 spiro atoms. The molecule has 2 fully saturated rings. The van der Waals surface area contributed by atoms with E-state index in [1.807, 2.05) is 0 Å². The zero-order chi connectivity index (χ0) is 14.0. The van der Waals surface area contributed by atoms with Gasteiger partial charge in [0.1, 0.15) is 6.04 Å². The molecule has 3 unspecified atom stereocenters. The molecule has 19 heavy (non-hydrogen) atoms. The summed E-state index contributed by atoms with van der Waals surface area (Å²) in [5.41, 5.74) is 0. The molecule has 0 aromatic rings. The molecule has 4 atom stereocenters. The molecule has 5 nitrogen and oxygen atoms in total. The van der Waals surface area contributed by atoms with E-state index in [0.717, 1.165) is 12.8 Å². The Hall–Kier alpha value is -0.910. The van der Waals surface area contributed by atoms with Crippen molar-refractivity contribution in [1.29, 1.82) is 0 Å². The normalized spacial score (nSPS) is 35.2. The third-order valence-electron chi connectivity index (χ3n) is 4.44. The average Bonchev–Trinajstić information content (AvgIpc) is 2.84. The Morgan fingerprint density at radius 3 is 2.74 bits per heavy atom. The predicted octanol–water partition coefficient (Wildman–Crippen LogP) is 1.98. The molecule has 1 heterocycles. The van der Waals surface area contributed by atoms with E-state index in [-0.39, 0.29) is 12.1 Å². The van der Waals surface area contributed by atoms with Gasteiger partial charge in [-0.2, -0.15) is 0 Å². The number of nitrogens with zero attached hydrogens (tertiary/aromatic N) is 1. The van der Waals surface area contributed by atoms with Gasteiger partial charge < -0.3 is 15.3 Å². The second-order valence-corrected chi connectivity index (χ2v) is 6.65. The van der Waals surface area contributed by atoms with Crippen molar-refractivity contribution in [2.24, 2.45) is 11.8 Å². The maximum atomic E-state index is 12.2. The van der Waals surface area contributed by atoms with Crippen molar-refractivity contribution in [1.82, 2.24) is 10.2 Å². The molecule has 1 aliphatic heterocycles. The highest BCUT2D eigenvalue weighted by Crippen LogP contribution is 2.30. The van der Waals surface area contributed by atoms with E-state index in [1.54, 1.807) is 0 Å². The van der Waals surface area contributed by atoms with Crippen LogP contribution in [-0.4, -0.2) is 45.7 Å². The maximum Gasteiger partial charge on any atom is 0.327 e. The molecule has 1 saturated heterocycles. The minimum absolute atomic E-state index is 0.177. The lowest BCUT2D eigenvalue weighted by Crippen LogP contribution is -2.52. The lowest BCUT2D eigenvalue weighted by Gasteiger charge is -2.35. The van der Waals surface area contributed by atoms with E-state index in [2.05, 4.69) is 19.2 Å². The lowest BCUT2D eigenvalue weighted by molar-refractivity contribution is -0.140. The van der Waals surface area contributed by atoms with Crippen LogP contribution in [0.1, 0.15) is 33.1 Å². The number of aliphatic carboxylic acids is 1. The summed E-state index contributed by atoms with van der Waals surface area (Å²) in [5.74, 6) is 1.11. The molecule has 1 saturated carbocycles. The lowest BCUT2D eigenvalue weighted by atomic mass is 9.78. The summed E-state index contributed by atoms with van der Waals surface area (Å²) < 4.78 is 0. The van der Waals surface area contributed by atoms with Gasteiger partial charge in [-0.1, -0.05) is 26.7 Å². The Labute approximate surface area is 118 Å². The predicted molar refractivity (Wildman–Crippen MR) is 75.1 cm³/mol. The molecule has 1 aliphatic carbocycles. The van der Waals surface area contributed by atoms with Crippen LogP contribution in [0.15, 0.2) is 0 Å². The zero-order valence-corrected chi connectivity index (χ0v) is 12.3. The van der Waals surface area contributed by atoms with Crippen molar-refractivity contribution in [3.8, 4) is 0 Å². The number of hydrogen-bond acceptors (Lipinski definition) is 3. The van der Waals surface area contributed by atoms with Crippen LogP contribution in [0, 0.1) is 11.8 Å². The molecule has 2 amide bonds. The Morgan fingerprint density at radius 2 is 2.05 bits per heavy atom. The van der Waals surface area contributed by atoms with E-state index < -0.39 is 12.0 Å². The van der Waals surface area contributed by atoms with Crippen LogP contribution in [0.5, 0.6) is 0 Å². The quantitative estimate of drug-likeness (QED) is 0.814. The second-order valence-electron chi connectivity index (χ2n) is 5.65. The first kappa shape index (κ1) is 14.5. The van der Waals surface area contributed by atoms with Crippen LogP contribution >= 0.6 is 11.8 Å². The minimum atomic E-state index is -0.912. The molecule has 0 bridgehead atoms. The van der Waals surface area contributed by atoms with Crippen LogP contribution < -0.4 is 5.32 Å². The van der Waals surface area contributed by atoms with Crippen LogP contribution in [0.2, 0.25) is 0 Å². The number of carbonyl (C=O) groups excluding carboxylic acids is 1. The summed E-state index contributed by atoms with van der Waals surface area (Å²) in [7, 11) is 0. The molecule has 6 heteroatoms. The second kappa shape index (κ2) is 6.03. The number of hydrogen-bond donors (Lipinski definition) is 2. The Morgan fingerprint density at radius 1 is 1.32 bits per heavy atom. The summed E-state index contributed by atoms with van der Waals surface area (Å²) >= 11 is 1.49. The smallest absolute Gasteiger partial charge is 0.327 e. The number of carboxylic acid groups (broad SMARTS) is 1. The highest BCUT2D eigenvalue weighted by atomic mass is 32.2. The van der Waals surface area contributed by atoms with Gasteiger partial charge in [0.05, 0.1) is 5.88 Å². The third-order valence-corrected chi connectivity index (χ3v) is 5.46. The molecule has 0 radical (unpaired) electrons. The maximum absolute atomic E-state index is 12.2. The van der Waals surface area contributed by atoms with E-state index in [9.17, 15) is 9.59 Å². The SMILES string of the molecule is CC1CCCC(NC(=O)N2CSC[C@H]2C(=O)O)C1C. The van der Waals surface area contributed by atoms with Crippen molar-refractivity contribution in [2.75, 3.05) is 11.6 Å². The van der Waals surface area contributed by atoms with E-state index in [4.69, 9.17) is 5.11 Å². The third kappa shape index (κ3) is 3.16. The van der Waals surface area contributed by atoms with Gasteiger partial charge >= 0.3 is 12.0 Å². The molecule has 0 aromatic carbocycles. The minimum Gasteiger partial charge on any atom is -0.480 e. The molecular weight excluding hydrogens is 264 g/mol. The molecule has 2 rings (SSSR count). The fraction of sp³-hybridized carbons (Fsp3) is 0.846. The Bertz CT molecular complexity index is 364. The van der Waals surface area contributed by atoms with E-state index in [0.29, 0.717) is 23.5 Å². The number of nitrogens with one attached hydrogen (secondary N) is 1. The van der Waals surface area contributed by atoms with Gasteiger partial charge in [0.15, 0.2) is 0 Å². The average molecular weight is 286 g/mol. The van der Waals surface area contributed by atoms with Gasteiger partial charge in [-0.3, -0.25) is 0 Å². The summed E-state index contributed by atoms with van der Waals surface area (Å²) in [6.07, 6.45) is 3.34. The largest absolute Gasteiger partial charge is 0.480 e. The van der Waals surface area contributed by atoms with Gasteiger partial charge in [-0.05, 0) is 18.3 Å². The zero-order valence-electron chi connectivity index (χ0n) is 11.5. The van der Waals surface area contributed by atoms with Gasteiger partial charge in [-0.25, -0.2) is 9.59 Å². The number of thioether (sulfide) groups is 1. The monoisotopic (exact) mass is 286 g/mol. The number of carbonyl (C=O) groups is 2. The summed E-state index contributed by atoms with van der Waals surface area (Å²) in [6, 6.07) is -0.721. The standard InChI is InChI=1S/C13H22N2O3S/c1-8-4-3-5-10(9(8)2)14-13(18)15-7-19-6-11(15)12(16)17/h8-11H,3-7H2,1-2H3,(H,14,18)(H,16,17)/t8?,9?,10?,11-/m0/s1. The van der Waals surface area contributed by atoms with Crippen LogP contribution in [-0.2, 0) is 4.79 Å². The van der Waals surface area contributed by atoms with Gasteiger partial charge in [0.2, 0.25) is 0 Å². The Kier molecular flexibility index (Phi) is 4.60. The summed E-state index contributed by atoms with van der Waals surface area (Å²) in [5, 5.41) is 12.1. The first-order valence-electron chi connectivity index (χ1n) is 6.88. The van der Waals surface area contributed by atoms with E-state index >= 15 is 0 Å².